The second kappa shape index (κ2) is 8.88. The highest BCUT2D eigenvalue weighted by atomic mass is 16.3. The van der Waals surface area contributed by atoms with Crippen molar-refractivity contribution in [3.8, 4) is 28.3 Å². The van der Waals surface area contributed by atoms with Crippen molar-refractivity contribution in [3.05, 3.63) is 140 Å². The Morgan fingerprint density at radius 3 is 2.02 bits per heavy atom. The van der Waals surface area contributed by atoms with Crippen LogP contribution in [0.25, 0.3) is 83.0 Å². The molecular formula is C38H23N3O. The van der Waals surface area contributed by atoms with E-state index in [4.69, 9.17) is 14.4 Å². The van der Waals surface area contributed by atoms with Gasteiger partial charge in [0, 0.05) is 27.1 Å². The third kappa shape index (κ3) is 3.36. The largest absolute Gasteiger partial charge is 0.455 e. The van der Waals surface area contributed by atoms with Crippen LogP contribution in [0.1, 0.15) is 0 Å². The van der Waals surface area contributed by atoms with Crippen molar-refractivity contribution in [2.45, 2.75) is 0 Å². The molecule has 0 fully saturated rings. The van der Waals surface area contributed by atoms with Crippen molar-refractivity contribution in [2.75, 3.05) is 0 Å². The van der Waals surface area contributed by atoms with Crippen LogP contribution in [0.2, 0.25) is 0 Å². The lowest BCUT2D eigenvalue weighted by atomic mass is 10.0. The van der Waals surface area contributed by atoms with Crippen LogP contribution in [0.5, 0.6) is 0 Å². The maximum Gasteiger partial charge on any atom is 0.235 e. The normalized spacial score (nSPS) is 11.8. The molecule has 42 heavy (non-hydrogen) atoms. The summed E-state index contributed by atoms with van der Waals surface area (Å²) in [7, 11) is 0. The van der Waals surface area contributed by atoms with Gasteiger partial charge in [-0.15, -0.1) is 0 Å². The van der Waals surface area contributed by atoms with Crippen LogP contribution in [-0.2, 0) is 0 Å². The van der Waals surface area contributed by atoms with E-state index in [2.05, 4.69) is 120 Å². The molecule has 0 spiro atoms. The Morgan fingerprint density at radius 2 is 1.19 bits per heavy atom. The van der Waals surface area contributed by atoms with Gasteiger partial charge in [-0.2, -0.15) is 0 Å². The summed E-state index contributed by atoms with van der Waals surface area (Å²) < 4.78 is 8.66. The summed E-state index contributed by atoms with van der Waals surface area (Å²) >= 11 is 0. The first-order chi connectivity index (χ1) is 20.8. The molecule has 0 aliphatic rings. The number of fused-ring (bicyclic) bond motifs is 8. The minimum atomic E-state index is 0.635. The number of hydrogen-bond donors (Lipinski definition) is 0. The summed E-state index contributed by atoms with van der Waals surface area (Å²) in [4.78, 5) is 10.5. The van der Waals surface area contributed by atoms with Gasteiger partial charge in [0.1, 0.15) is 11.2 Å². The maximum absolute atomic E-state index is 6.49. The standard InChI is InChI=1S/C38H23N3O/c1-3-11-24(12-4-1)26-19-21-31-30(23-26)36(25-13-5-2-6-14-25)40-38(39-31)41-32-17-9-7-16-29(32)35-33(41)22-20-28-27-15-8-10-18-34(27)42-37(28)35/h1-23H. The number of hydrogen-bond acceptors (Lipinski definition) is 3. The smallest absolute Gasteiger partial charge is 0.235 e. The Hall–Kier alpha value is -5.74. The average Bonchev–Trinajstić information content (AvgIpc) is 3.61. The number of benzene rings is 6. The van der Waals surface area contributed by atoms with Crippen molar-refractivity contribution < 1.29 is 4.42 Å². The highest BCUT2D eigenvalue weighted by Crippen LogP contribution is 2.40. The fourth-order valence-electron chi connectivity index (χ4n) is 6.29. The molecule has 0 radical (unpaired) electrons. The molecule has 196 valence electrons. The van der Waals surface area contributed by atoms with Gasteiger partial charge in [0.25, 0.3) is 0 Å². The van der Waals surface area contributed by atoms with E-state index < -0.39 is 0 Å². The molecule has 0 aliphatic carbocycles. The van der Waals surface area contributed by atoms with Gasteiger partial charge >= 0.3 is 0 Å². The number of para-hydroxylation sites is 2. The van der Waals surface area contributed by atoms with Crippen LogP contribution in [0.15, 0.2) is 144 Å². The second-order valence-corrected chi connectivity index (χ2v) is 10.6. The van der Waals surface area contributed by atoms with E-state index in [0.29, 0.717) is 5.95 Å². The zero-order chi connectivity index (χ0) is 27.6. The third-order valence-electron chi connectivity index (χ3n) is 8.22. The van der Waals surface area contributed by atoms with E-state index in [0.717, 1.165) is 71.5 Å². The lowest BCUT2D eigenvalue weighted by Gasteiger charge is -2.13. The predicted octanol–water partition coefficient (Wildman–Crippen LogP) is 9.96. The minimum Gasteiger partial charge on any atom is -0.455 e. The molecule has 0 saturated heterocycles. The molecule has 0 unspecified atom stereocenters. The molecule has 4 nitrogen and oxygen atoms in total. The molecule has 4 heteroatoms. The van der Waals surface area contributed by atoms with Gasteiger partial charge in [0.15, 0.2) is 0 Å². The Labute approximate surface area is 241 Å². The number of aromatic nitrogens is 3. The van der Waals surface area contributed by atoms with E-state index in [9.17, 15) is 0 Å². The SMILES string of the molecule is c1ccc(-c2ccc3nc(-n4c5ccccc5c5c6oc7ccccc7c6ccc54)nc(-c4ccccc4)c3c2)cc1. The van der Waals surface area contributed by atoms with E-state index in [1.807, 2.05) is 24.3 Å². The van der Waals surface area contributed by atoms with Crippen molar-refractivity contribution in [3.63, 3.8) is 0 Å². The molecule has 3 aromatic heterocycles. The Morgan fingerprint density at radius 1 is 0.476 bits per heavy atom. The quantitative estimate of drug-likeness (QED) is 0.225. The summed E-state index contributed by atoms with van der Waals surface area (Å²) in [5.41, 5.74) is 9.00. The molecule has 0 aliphatic heterocycles. The Balaban J connectivity index is 1.37. The molecule has 0 saturated carbocycles. The summed E-state index contributed by atoms with van der Waals surface area (Å²) in [6.45, 7) is 0. The lowest BCUT2D eigenvalue weighted by molar-refractivity contribution is 0.673. The molecule has 6 aromatic carbocycles. The molecular weight excluding hydrogens is 514 g/mol. The number of rotatable bonds is 3. The van der Waals surface area contributed by atoms with E-state index >= 15 is 0 Å². The van der Waals surface area contributed by atoms with Crippen molar-refractivity contribution in [1.82, 2.24) is 14.5 Å². The fourth-order valence-corrected chi connectivity index (χ4v) is 6.29. The first-order valence-electron chi connectivity index (χ1n) is 14.1. The van der Waals surface area contributed by atoms with Gasteiger partial charge in [-0.1, -0.05) is 103 Å². The zero-order valence-electron chi connectivity index (χ0n) is 22.5. The number of nitrogens with zero attached hydrogens (tertiary/aromatic N) is 3. The zero-order valence-corrected chi connectivity index (χ0v) is 22.5. The highest BCUT2D eigenvalue weighted by molar-refractivity contribution is 6.23. The molecule has 0 N–H and O–H groups in total. The third-order valence-corrected chi connectivity index (χ3v) is 8.22. The monoisotopic (exact) mass is 537 g/mol. The van der Waals surface area contributed by atoms with Crippen LogP contribution in [0, 0.1) is 0 Å². The van der Waals surface area contributed by atoms with Crippen molar-refractivity contribution in [2.24, 2.45) is 0 Å². The number of furan rings is 1. The first kappa shape index (κ1) is 23.0. The molecule has 9 rings (SSSR count). The summed E-state index contributed by atoms with van der Waals surface area (Å²) in [6.07, 6.45) is 0. The van der Waals surface area contributed by atoms with Crippen LogP contribution in [0.4, 0.5) is 0 Å². The molecule has 0 bridgehead atoms. The van der Waals surface area contributed by atoms with Crippen molar-refractivity contribution in [1.29, 1.82) is 0 Å². The van der Waals surface area contributed by atoms with E-state index in [-0.39, 0.29) is 0 Å². The van der Waals surface area contributed by atoms with Crippen LogP contribution >= 0.6 is 0 Å². The van der Waals surface area contributed by atoms with Crippen LogP contribution in [-0.4, -0.2) is 14.5 Å². The van der Waals surface area contributed by atoms with Gasteiger partial charge in [0.2, 0.25) is 5.95 Å². The second-order valence-electron chi connectivity index (χ2n) is 10.6. The summed E-state index contributed by atoms with van der Waals surface area (Å²) in [5, 5.41) is 5.43. The van der Waals surface area contributed by atoms with E-state index in [1.54, 1.807) is 0 Å². The topological polar surface area (TPSA) is 43.9 Å². The maximum atomic E-state index is 6.49. The average molecular weight is 538 g/mol. The highest BCUT2D eigenvalue weighted by Gasteiger charge is 2.21. The minimum absolute atomic E-state index is 0.635. The molecule has 3 heterocycles. The molecule has 0 amide bonds. The fraction of sp³-hybridized carbons (Fsp3) is 0. The van der Waals surface area contributed by atoms with Gasteiger partial charge in [-0.25, -0.2) is 9.97 Å². The van der Waals surface area contributed by atoms with Crippen molar-refractivity contribution >= 4 is 54.6 Å². The first-order valence-corrected chi connectivity index (χ1v) is 14.1. The molecule has 0 atom stereocenters. The van der Waals surface area contributed by atoms with Gasteiger partial charge in [0.05, 0.1) is 27.6 Å². The van der Waals surface area contributed by atoms with Gasteiger partial charge < -0.3 is 4.42 Å². The van der Waals surface area contributed by atoms with Gasteiger partial charge in [-0.3, -0.25) is 4.57 Å². The van der Waals surface area contributed by atoms with Gasteiger partial charge in [-0.05, 0) is 47.5 Å². The Bertz CT molecular complexity index is 2460. The van der Waals surface area contributed by atoms with Crippen LogP contribution < -0.4 is 0 Å². The van der Waals surface area contributed by atoms with E-state index in [1.165, 1.54) is 5.56 Å². The summed E-state index contributed by atoms with van der Waals surface area (Å²) in [6, 6.07) is 48.3. The molecule has 9 aromatic rings. The lowest BCUT2D eigenvalue weighted by Crippen LogP contribution is -2.03. The Kier molecular flexibility index (Phi) is 4.87. The summed E-state index contributed by atoms with van der Waals surface area (Å²) in [5.74, 6) is 0.635. The van der Waals surface area contributed by atoms with Crippen LogP contribution in [0.3, 0.4) is 0 Å². The predicted molar refractivity (Wildman–Crippen MR) is 172 cm³/mol.